The summed E-state index contributed by atoms with van der Waals surface area (Å²) in [6.45, 7) is 3.97. The van der Waals surface area contributed by atoms with Crippen LogP contribution in [0.15, 0.2) is 0 Å². The molecule has 0 heterocycles. The van der Waals surface area contributed by atoms with E-state index >= 15 is 0 Å². The maximum absolute atomic E-state index is 10.8. The highest BCUT2D eigenvalue weighted by atomic mass is 31.2. The van der Waals surface area contributed by atoms with E-state index in [9.17, 15) is 19.2 Å². The molecule has 0 aliphatic heterocycles. The summed E-state index contributed by atoms with van der Waals surface area (Å²) >= 11 is 0. The first kappa shape index (κ1) is 25.2. The van der Waals surface area contributed by atoms with E-state index in [1.165, 1.54) is 0 Å². The van der Waals surface area contributed by atoms with Gasteiger partial charge in [0.15, 0.2) is 0 Å². The van der Waals surface area contributed by atoms with Crippen molar-refractivity contribution < 1.29 is 57.8 Å². The van der Waals surface area contributed by atoms with Crippen LogP contribution in [0.5, 0.6) is 0 Å². The Balaban J connectivity index is 0. The Labute approximate surface area is 141 Å². The van der Waals surface area contributed by atoms with Gasteiger partial charge in [0.1, 0.15) is 0 Å². The third kappa shape index (κ3) is 24.3. The summed E-state index contributed by atoms with van der Waals surface area (Å²) in [6, 6.07) is 0. The van der Waals surface area contributed by atoms with Crippen LogP contribution in [0.3, 0.4) is 0 Å². The minimum atomic E-state index is -4.64. The summed E-state index contributed by atoms with van der Waals surface area (Å²) in [5, 5.41) is 1.15. The summed E-state index contributed by atoms with van der Waals surface area (Å²) in [5.74, 6) is -2.90. The predicted molar refractivity (Wildman–Crippen MR) is 74.7 cm³/mol. The molecule has 0 amide bonds. The lowest BCUT2D eigenvalue weighted by molar-refractivity contribution is -0.354. The molecule has 0 aromatic carbocycles. The van der Waals surface area contributed by atoms with E-state index in [4.69, 9.17) is 19.2 Å². The van der Waals surface area contributed by atoms with E-state index in [1.54, 1.807) is 0 Å². The van der Waals surface area contributed by atoms with E-state index in [1.807, 2.05) is 0 Å². The summed E-state index contributed by atoms with van der Waals surface area (Å²) < 4.78 is 8.88. The molecule has 0 saturated carbocycles. The van der Waals surface area contributed by atoms with Gasteiger partial charge in [-0.3, -0.25) is 19.2 Å². The quantitative estimate of drug-likeness (QED) is 0.339. The summed E-state index contributed by atoms with van der Waals surface area (Å²) in [7, 11) is -4.64. The topological polar surface area (TPSA) is 189 Å². The third-order valence-electron chi connectivity index (χ3n) is 1.39. The number of carbonyl (C=O) groups is 4. The summed E-state index contributed by atoms with van der Waals surface area (Å²) in [6.07, 6.45) is 0. The molecule has 0 aliphatic rings. The van der Waals surface area contributed by atoms with Crippen LogP contribution < -0.4 is 0 Å². The molecule has 0 fully saturated rings. The van der Waals surface area contributed by atoms with E-state index in [0.29, 0.717) is 10.5 Å². The van der Waals surface area contributed by atoms with Crippen LogP contribution in [0, 0.1) is 0 Å². The normalized spacial score (nSPS) is 10.4. The monoisotopic (exact) mass is 390 g/mol. The van der Waals surface area contributed by atoms with Crippen molar-refractivity contribution in [2.24, 2.45) is 0 Å². The standard InChI is InChI=1S/C10H16N2O8.H3O4P/c1-7(13)17-11(18-8(2)14)5-6-12(19-9(3)15)20-10(4)16;1-5(2,3)4/h5-6H2,1-4H3;(H3,1,2,3,4). The van der Waals surface area contributed by atoms with Crippen molar-refractivity contribution in [1.82, 2.24) is 10.5 Å². The van der Waals surface area contributed by atoms with Crippen LogP contribution in [0.25, 0.3) is 0 Å². The van der Waals surface area contributed by atoms with Gasteiger partial charge in [0.25, 0.3) is 0 Å². The number of hydroxylamine groups is 4. The van der Waals surface area contributed by atoms with Crippen molar-refractivity contribution in [2.75, 3.05) is 13.1 Å². The molecule has 0 unspecified atom stereocenters. The Bertz CT molecular complexity index is 442. The van der Waals surface area contributed by atoms with Gasteiger partial charge < -0.3 is 34.0 Å². The molecule has 15 heteroatoms. The predicted octanol–water partition coefficient (Wildman–Crippen LogP) is -1.43. The number of hydrogen-bond acceptors (Lipinski definition) is 11. The summed E-state index contributed by atoms with van der Waals surface area (Å²) in [5.41, 5.74) is 0. The molecule has 0 spiro atoms. The van der Waals surface area contributed by atoms with Gasteiger partial charge in [-0.15, -0.1) is 0 Å². The van der Waals surface area contributed by atoms with Gasteiger partial charge in [0, 0.05) is 38.1 Å². The molecular weight excluding hydrogens is 371 g/mol. The SMILES string of the molecule is CC(=O)ON(CCN(OC(C)=O)OC(C)=O)OC(C)=O.O=P(O)(O)O. The zero-order chi connectivity index (χ0) is 20.2. The largest absolute Gasteiger partial charge is 0.466 e. The zero-order valence-corrected chi connectivity index (χ0v) is 14.7. The first-order chi connectivity index (χ1) is 11.2. The minimum Gasteiger partial charge on any atom is -0.333 e. The molecule has 0 aromatic rings. The van der Waals surface area contributed by atoms with Gasteiger partial charge in [0.05, 0.1) is 13.1 Å². The highest BCUT2D eigenvalue weighted by Gasteiger charge is 2.19. The fourth-order valence-corrected chi connectivity index (χ4v) is 0.957. The molecule has 0 atom stereocenters. The molecule has 0 bridgehead atoms. The number of hydrogen-bond donors (Lipinski definition) is 3. The fourth-order valence-electron chi connectivity index (χ4n) is 0.957. The van der Waals surface area contributed by atoms with E-state index in [0.717, 1.165) is 27.7 Å². The van der Waals surface area contributed by atoms with Gasteiger partial charge in [0.2, 0.25) is 0 Å². The lowest BCUT2D eigenvalue weighted by atomic mass is 10.7. The molecule has 0 radical (unpaired) electrons. The second kappa shape index (κ2) is 12.3. The van der Waals surface area contributed by atoms with Crippen LogP contribution in [-0.4, -0.2) is 62.1 Å². The first-order valence-electron chi connectivity index (χ1n) is 6.28. The van der Waals surface area contributed by atoms with Gasteiger partial charge >= 0.3 is 31.7 Å². The summed E-state index contributed by atoms with van der Waals surface area (Å²) in [4.78, 5) is 83.0. The lowest BCUT2D eigenvalue weighted by Gasteiger charge is -2.22. The molecule has 0 rings (SSSR count). The molecule has 0 aromatic heterocycles. The van der Waals surface area contributed by atoms with Crippen molar-refractivity contribution >= 4 is 31.7 Å². The fraction of sp³-hybridized carbons (Fsp3) is 0.600. The highest BCUT2D eigenvalue weighted by molar-refractivity contribution is 7.45. The number of phosphoric acid groups is 1. The Hall–Kier alpha value is -2.09. The maximum atomic E-state index is 10.8. The number of carbonyl (C=O) groups excluding carboxylic acids is 4. The van der Waals surface area contributed by atoms with E-state index in [-0.39, 0.29) is 13.1 Å². The van der Waals surface area contributed by atoms with Crippen LogP contribution in [0.1, 0.15) is 27.7 Å². The zero-order valence-electron chi connectivity index (χ0n) is 13.8. The van der Waals surface area contributed by atoms with Crippen molar-refractivity contribution in [2.45, 2.75) is 27.7 Å². The Morgan fingerprint density at radius 1 is 0.680 bits per heavy atom. The number of nitrogens with zero attached hydrogens (tertiary/aromatic N) is 2. The lowest BCUT2D eigenvalue weighted by Crippen LogP contribution is -2.38. The molecule has 0 aliphatic carbocycles. The van der Waals surface area contributed by atoms with Crippen LogP contribution in [0.2, 0.25) is 0 Å². The smallest absolute Gasteiger partial charge is 0.333 e. The van der Waals surface area contributed by atoms with Crippen molar-refractivity contribution in [3.8, 4) is 0 Å². The molecular formula is C10H19N2O12P. The minimum absolute atomic E-state index is 0.223. The Morgan fingerprint density at radius 2 is 0.840 bits per heavy atom. The van der Waals surface area contributed by atoms with Crippen LogP contribution in [0.4, 0.5) is 0 Å². The van der Waals surface area contributed by atoms with Crippen LogP contribution >= 0.6 is 7.82 Å². The maximum Gasteiger partial charge on any atom is 0.466 e. The van der Waals surface area contributed by atoms with Crippen LogP contribution in [-0.2, 0) is 43.1 Å². The van der Waals surface area contributed by atoms with Gasteiger partial charge in [-0.1, -0.05) is 0 Å². The average Bonchev–Trinajstić information content (AvgIpc) is 2.30. The second-order valence-corrected chi connectivity index (χ2v) is 4.98. The molecule has 146 valence electrons. The van der Waals surface area contributed by atoms with Gasteiger partial charge in [-0.2, -0.15) is 0 Å². The molecule has 14 nitrogen and oxygen atoms in total. The highest BCUT2D eigenvalue weighted by Crippen LogP contribution is 2.25. The van der Waals surface area contributed by atoms with Crippen molar-refractivity contribution in [1.29, 1.82) is 0 Å². The molecule has 0 saturated heterocycles. The van der Waals surface area contributed by atoms with E-state index in [2.05, 4.69) is 19.4 Å². The molecule has 25 heavy (non-hydrogen) atoms. The molecule has 3 N–H and O–H groups in total. The van der Waals surface area contributed by atoms with Crippen molar-refractivity contribution in [3.05, 3.63) is 0 Å². The van der Waals surface area contributed by atoms with Gasteiger partial charge in [-0.05, 0) is 0 Å². The third-order valence-corrected chi connectivity index (χ3v) is 1.39. The van der Waals surface area contributed by atoms with Crippen molar-refractivity contribution in [3.63, 3.8) is 0 Å². The Kier molecular flexibility index (Phi) is 12.4. The van der Waals surface area contributed by atoms with E-state index < -0.39 is 31.7 Å². The Morgan fingerprint density at radius 3 is 0.960 bits per heavy atom. The van der Waals surface area contributed by atoms with Gasteiger partial charge in [-0.25, -0.2) is 4.57 Å². The number of rotatable bonds is 7. The first-order valence-corrected chi connectivity index (χ1v) is 7.84. The second-order valence-electron chi connectivity index (χ2n) is 3.96. The average molecular weight is 390 g/mol.